The summed E-state index contributed by atoms with van der Waals surface area (Å²) in [6.45, 7) is 5.39. The van der Waals surface area contributed by atoms with Gasteiger partial charge in [-0.15, -0.1) is 0 Å². The van der Waals surface area contributed by atoms with E-state index < -0.39 is 0 Å². The maximum absolute atomic E-state index is 6.24. The average Bonchev–Trinajstić information content (AvgIpc) is 2.49. The zero-order valence-corrected chi connectivity index (χ0v) is 14.5. The highest BCUT2D eigenvalue weighted by Crippen LogP contribution is 2.29. The second kappa shape index (κ2) is 10.9. The molecule has 3 heteroatoms. The summed E-state index contributed by atoms with van der Waals surface area (Å²) in [6, 6.07) is 6.51. The maximum Gasteiger partial charge on any atom is 0.137 e. The van der Waals surface area contributed by atoms with Gasteiger partial charge in [0.2, 0.25) is 0 Å². The van der Waals surface area contributed by atoms with E-state index in [2.05, 4.69) is 25.2 Å². The second-order valence-corrected chi connectivity index (χ2v) is 5.97. The van der Waals surface area contributed by atoms with E-state index in [1.807, 2.05) is 12.1 Å². The molecule has 0 bridgehead atoms. The minimum Gasteiger partial charge on any atom is -0.495 e. The van der Waals surface area contributed by atoms with E-state index in [-0.39, 0.29) is 0 Å². The van der Waals surface area contributed by atoms with Gasteiger partial charge in [-0.2, -0.15) is 0 Å². The van der Waals surface area contributed by atoms with Gasteiger partial charge in [0, 0.05) is 6.04 Å². The highest BCUT2D eigenvalue weighted by atomic mass is 35.5. The fourth-order valence-electron chi connectivity index (χ4n) is 2.66. The van der Waals surface area contributed by atoms with Crippen molar-refractivity contribution in [2.75, 3.05) is 13.7 Å². The smallest absolute Gasteiger partial charge is 0.137 e. The van der Waals surface area contributed by atoms with Gasteiger partial charge in [0.25, 0.3) is 0 Å². The third-order valence-electron chi connectivity index (χ3n) is 3.88. The minimum absolute atomic E-state index is 0.393. The molecule has 0 fully saturated rings. The first-order valence-electron chi connectivity index (χ1n) is 8.29. The molecular weight excluding hydrogens is 282 g/mol. The van der Waals surface area contributed by atoms with Gasteiger partial charge >= 0.3 is 0 Å². The van der Waals surface area contributed by atoms with Crippen molar-refractivity contribution in [2.24, 2.45) is 0 Å². The van der Waals surface area contributed by atoms with Gasteiger partial charge in [0.05, 0.1) is 12.1 Å². The number of rotatable bonds is 11. The van der Waals surface area contributed by atoms with Gasteiger partial charge in [-0.1, -0.05) is 70.0 Å². The number of hydrogen-bond acceptors (Lipinski definition) is 2. The van der Waals surface area contributed by atoms with Crippen molar-refractivity contribution in [3.8, 4) is 5.75 Å². The summed E-state index contributed by atoms with van der Waals surface area (Å²) in [6.07, 6.45) is 9.17. The first-order chi connectivity index (χ1) is 10.2. The zero-order chi connectivity index (χ0) is 15.5. The van der Waals surface area contributed by atoms with Gasteiger partial charge in [0.15, 0.2) is 0 Å². The molecule has 0 spiro atoms. The van der Waals surface area contributed by atoms with Crippen LogP contribution in [0.4, 0.5) is 0 Å². The molecule has 1 unspecified atom stereocenters. The Morgan fingerprint density at radius 2 is 1.81 bits per heavy atom. The lowest BCUT2D eigenvalue weighted by Gasteiger charge is -2.19. The van der Waals surface area contributed by atoms with E-state index in [1.165, 1.54) is 50.5 Å². The highest BCUT2D eigenvalue weighted by Gasteiger charge is 2.12. The predicted molar refractivity (Wildman–Crippen MR) is 92.4 cm³/mol. The number of nitrogens with one attached hydrogen (secondary N) is 1. The molecule has 0 amide bonds. The van der Waals surface area contributed by atoms with E-state index in [1.54, 1.807) is 7.11 Å². The molecule has 1 N–H and O–H groups in total. The van der Waals surface area contributed by atoms with Crippen LogP contribution in [0, 0.1) is 0 Å². The number of hydrogen-bond donors (Lipinski definition) is 1. The second-order valence-electron chi connectivity index (χ2n) is 5.56. The van der Waals surface area contributed by atoms with Crippen LogP contribution in [0.25, 0.3) is 0 Å². The van der Waals surface area contributed by atoms with Crippen molar-refractivity contribution in [3.05, 3.63) is 28.8 Å². The fourth-order valence-corrected chi connectivity index (χ4v) is 2.93. The normalized spacial score (nSPS) is 12.4. The van der Waals surface area contributed by atoms with E-state index in [0.717, 1.165) is 12.3 Å². The Balaban J connectivity index is 2.50. The lowest BCUT2D eigenvalue weighted by atomic mass is 9.99. The maximum atomic E-state index is 6.24. The van der Waals surface area contributed by atoms with Crippen LogP contribution >= 0.6 is 11.6 Å². The van der Waals surface area contributed by atoms with E-state index in [4.69, 9.17) is 16.3 Å². The molecule has 0 radical (unpaired) electrons. The van der Waals surface area contributed by atoms with E-state index in [9.17, 15) is 0 Å². The van der Waals surface area contributed by atoms with Crippen LogP contribution in [-0.4, -0.2) is 13.7 Å². The SMILES string of the molecule is CCCCCCCCC(NCC)c1ccc(OC)c(Cl)c1. The quantitative estimate of drug-likeness (QED) is 0.525. The summed E-state index contributed by atoms with van der Waals surface area (Å²) in [4.78, 5) is 0. The molecule has 1 rings (SSSR count). The predicted octanol–water partition coefficient (Wildman–Crippen LogP) is 5.75. The summed E-state index contributed by atoms with van der Waals surface area (Å²) in [5.41, 5.74) is 1.26. The Morgan fingerprint density at radius 3 is 2.43 bits per heavy atom. The van der Waals surface area contributed by atoms with Gasteiger partial charge in [-0.25, -0.2) is 0 Å². The van der Waals surface area contributed by atoms with Crippen molar-refractivity contribution in [1.29, 1.82) is 0 Å². The van der Waals surface area contributed by atoms with Crippen LogP contribution in [0.1, 0.15) is 70.4 Å². The molecule has 0 saturated carbocycles. The first-order valence-corrected chi connectivity index (χ1v) is 8.67. The fraction of sp³-hybridized carbons (Fsp3) is 0.667. The molecule has 1 aromatic carbocycles. The third kappa shape index (κ3) is 6.71. The van der Waals surface area contributed by atoms with Crippen LogP contribution < -0.4 is 10.1 Å². The van der Waals surface area contributed by atoms with Gasteiger partial charge in [-0.05, 0) is 30.7 Å². The summed E-state index contributed by atoms with van der Waals surface area (Å²) in [5.74, 6) is 0.746. The molecule has 0 aromatic heterocycles. The molecular formula is C18H30ClNO. The lowest BCUT2D eigenvalue weighted by Crippen LogP contribution is -2.20. The van der Waals surface area contributed by atoms with Crippen molar-refractivity contribution in [3.63, 3.8) is 0 Å². The Morgan fingerprint density at radius 1 is 1.10 bits per heavy atom. The minimum atomic E-state index is 0.393. The molecule has 21 heavy (non-hydrogen) atoms. The lowest BCUT2D eigenvalue weighted by molar-refractivity contribution is 0.414. The molecule has 120 valence electrons. The number of methoxy groups -OCH3 is 1. The summed E-state index contributed by atoms with van der Waals surface area (Å²) in [7, 11) is 1.65. The van der Waals surface area contributed by atoms with Gasteiger partial charge in [0.1, 0.15) is 5.75 Å². The Hall–Kier alpha value is -0.730. The van der Waals surface area contributed by atoms with Gasteiger partial charge in [-0.3, -0.25) is 0 Å². The van der Waals surface area contributed by atoms with Crippen LogP contribution in [-0.2, 0) is 0 Å². The first kappa shape index (κ1) is 18.3. The number of halogens is 1. The molecule has 2 nitrogen and oxygen atoms in total. The van der Waals surface area contributed by atoms with Crippen LogP contribution in [0.2, 0.25) is 5.02 Å². The molecule has 1 atom stereocenters. The molecule has 0 aliphatic carbocycles. The van der Waals surface area contributed by atoms with Gasteiger partial charge < -0.3 is 10.1 Å². The van der Waals surface area contributed by atoms with Crippen molar-refractivity contribution < 1.29 is 4.74 Å². The standard InChI is InChI=1S/C18H30ClNO/c1-4-6-7-8-9-10-11-17(20-5-2)15-12-13-18(21-3)16(19)14-15/h12-14,17,20H,4-11H2,1-3H3. The number of benzene rings is 1. The monoisotopic (exact) mass is 311 g/mol. The Kier molecular flexibility index (Phi) is 9.53. The molecule has 0 heterocycles. The zero-order valence-electron chi connectivity index (χ0n) is 13.8. The topological polar surface area (TPSA) is 21.3 Å². The van der Waals surface area contributed by atoms with Crippen LogP contribution in [0.5, 0.6) is 5.75 Å². The molecule has 1 aromatic rings. The van der Waals surface area contributed by atoms with E-state index >= 15 is 0 Å². The highest BCUT2D eigenvalue weighted by molar-refractivity contribution is 6.32. The average molecular weight is 312 g/mol. The van der Waals surface area contributed by atoms with E-state index in [0.29, 0.717) is 11.1 Å². The molecule has 0 saturated heterocycles. The summed E-state index contributed by atoms with van der Waals surface area (Å²) >= 11 is 6.24. The third-order valence-corrected chi connectivity index (χ3v) is 4.17. The Bertz CT molecular complexity index is 395. The number of unbranched alkanes of at least 4 members (excludes halogenated alkanes) is 5. The van der Waals surface area contributed by atoms with Crippen molar-refractivity contribution in [2.45, 2.75) is 64.8 Å². The number of ether oxygens (including phenoxy) is 1. The van der Waals surface area contributed by atoms with Crippen molar-refractivity contribution in [1.82, 2.24) is 5.32 Å². The van der Waals surface area contributed by atoms with Crippen molar-refractivity contribution >= 4 is 11.6 Å². The Labute approximate surface area is 135 Å². The largest absolute Gasteiger partial charge is 0.495 e. The summed E-state index contributed by atoms with van der Waals surface area (Å²) in [5, 5.41) is 4.26. The van der Waals surface area contributed by atoms with Crippen LogP contribution in [0.15, 0.2) is 18.2 Å². The van der Waals surface area contributed by atoms with Crippen LogP contribution in [0.3, 0.4) is 0 Å². The molecule has 0 aliphatic heterocycles. The molecule has 0 aliphatic rings. The summed E-state index contributed by atoms with van der Waals surface area (Å²) < 4.78 is 5.22.